The summed E-state index contributed by atoms with van der Waals surface area (Å²) in [6.07, 6.45) is 3.92. The van der Waals surface area contributed by atoms with Crippen LogP contribution in [0, 0.1) is 0 Å². The number of rotatable bonds is 6. The maximum Gasteiger partial charge on any atom is 0.225 e. The molecule has 28 heavy (non-hydrogen) atoms. The number of carbonyl (C=O) groups excluding carboxylic acids is 1. The average Bonchev–Trinajstić information content (AvgIpc) is 3.17. The molecule has 4 aromatic rings. The van der Waals surface area contributed by atoms with Crippen molar-refractivity contribution in [1.82, 2.24) is 19.5 Å². The second kappa shape index (κ2) is 7.60. The molecule has 2 aromatic heterocycles. The van der Waals surface area contributed by atoms with Crippen LogP contribution in [0.25, 0.3) is 16.9 Å². The molecule has 0 saturated heterocycles. The number of fused-ring (bicyclic) bond motifs is 1. The van der Waals surface area contributed by atoms with Crippen molar-refractivity contribution in [1.29, 1.82) is 0 Å². The van der Waals surface area contributed by atoms with Gasteiger partial charge in [-0.3, -0.25) is 9.36 Å². The number of Topliss-reactive ketones (excluding diaryl/α,β-unsaturated/α-hetero) is 1. The Morgan fingerprint density at radius 2 is 1.93 bits per heavy atom. The van der Waals surface area contributed by atoms with E-state index >= 15 is 0 Å². The molecular weight excluding hydrogens is 350 g/mol. The number of nitrogens with one attached hydrogen (secondary N) is 1. The van der Waals surface area contributed by atoms with Crippen LogP contribution in [0.4, 0.5) is 5.95 Å². The van der Waals surface area contributed by atoms with Crippen LogP contribution in [0.5, 0.6) is 0 Å². The predicted molar refractivity (Wildman–Crippen MR) is 110 cm³/mol. The first-order valence-electron chi connectivity index (χ1n) is 9.31. The second-order valence-corrected chi connectivity index (χ2v) is 6.61. The summed E-state index contributed by atoms with van der Waals surface area (Å²) in [6, 6.07) is 17.7. The van der Waals surface area contributed by atoms with Gasteiger partial charge in [-0.15, -0.1) is 0 Å². The van der Waals surface area contributed by atoms with Gasteiger partial charge < -0.3 is 5.32 Å². The third-order valence-corrected chi connectivity index (χ3v) is 4.72. The molecule has 0 spiro atoms. The molecular formula is C22H21N5O. The van der Waals surface area contributed by atoms with Crippen molar-refractivity contribution in [2.75, 3.05) is 5.32 Å². The highest BCUT2D eigenvalue weighted by molar-refractivity contribution is 5.98. The zero-order valence-electron chi connectivity index (χ0n) is 15.8. The Bertz CT molecular complexity index is 1120. The molecule has 2 aromatic carbocycles. The van der Waals surface area contributed by atoms with E-state index in [1.54, 1.807) is 12.5 Å². The number of imidazole rings is 1. The lowest BCUT2D eigenvalue weighted by Crippen LogP contribution is -2.10. The van der Waals surface area contributed by atoms with Gasteiger partial charge in [-0.05, 0) is 36.8 Å². The third kappa shape index (κ3) is 3.49. The Morgan fingerprint density at radius 3 is 2.71 bits per heavy atom. The molecule has 140 valence electrons. The van der Waals surface area contributed by atoms with Crippen molar-refractivity contribution in [3.63, 3.8) is 0 Å². The fraction of sp³-hybridized carbons (Fsp3) is 0.182. The monoisotopic (exact) mass is 371 g/mol. The Labute approximate surface area is 163 Å². The predicted octanol–water partition coefficient (Wildman–Crippen LogP) is 4.58. The van der Waals surface area contributed by atoms with Crippen LogP contribution in [-0.4, -0.2) is 25.3 Å². The van der Waals surface area contributed by atoms with Gasteiger partial charge in [-0.1, -0.05) is 37.3 Å². The molecule has 1 N–H and O–H groups in total. The summed E-state index contributed by atoms with van der Waals surface area (Å²) >= 11 is 0. The molecule has 0 aliphatic carbocycles. The van der Waals surface area contributed by atoms with E-state index in [9.17, 15) is 4.79 Å². The van der Waals surface area contributed by atoms with Gasteiger partial charge in [0.05, 0.1) is 17.1 Å². The minimum atomic E-state index is 0.0820. The van der Waals surface area contributed by atoms with Crippen molar-refractivity contribution >= 4 is 22.8 Å². The third-order valence-electron chi connectivity index (χ3n) is 4.72. The first-order chi connectivity index (χ1) is 13.7. The molecule has 0 aliphatic heterocycles. The lowest BCUT2D eigenvalue weighted by Gasteiger charge is -2.14. The Hall–Kier alpha value is -3.54. The number of aromatic nitrogens is 4. The molecule has 1 atom stereocenters. The van der Waals surface area contributed by atoms with Gasteiger partial charge in [0.25, 0.3) is 0 Å². The normalized spacial score (nSPS) is 12.1. The van der Waals surface area contributed by atoms with Crippen LogP contribution in [0.3, 0.4) is 0 Å². The molecule has 2 heterocycles. The summed E-state index contributed by atoms with van der Waals surface area (Å²) in [5, 5.41) is 3.34. The van der Waals surface area contributed by atoms with E-state index in [4.69, 9.17) is 0 Å². The van der Waals surface area contributed by atoms with Gasteiger partial charge in [-0.25, -0.2) is 9.97 Å². The summed E-state index contributed by atoms with van der Waals surface area (Å²) in [5.74, 6) is 1.38. The minimum Gasteiger partial charge on any atom is -0.348 e. The molecule has 0 bridgehead atoms. The minimum absolute atomic E-state index is 0.0820. The van der Waals surface area contributed by atoms with Crippen LogP contribution in [0.2, 0.25) is 0 Å². The molecule has 0 radical (unpaired) electrons. The van der Waals surface area contributed by atoms with Gasteiger partial charge in [0, 0.05) is 18.2 Å². The Kier molecular flexibility index (Phi) is 4.85. The van der Waals surface area contributed by atoms with Crippen molar-refractivity contribution in [3.05, 3.63) is 78.2 Å². The van der Waals surface area contributed by atoms with Crippen LogP contribution in [-0.2, 0) is 0 Å². The number of hydrogen-bond donors (Lipinski definition) is 1. The first-order valence-corrected chi connectivity index (χ1v) is 9.31. The van der Waals surface area contributed by atoms with Gasteiger partial charge >= 0.3 is 0 Å². The van der Waals surface area contributed by atoms with Gasteiger partial charge in [0.1, 0.15) is 12.1 Å². The summed E-state index contributed by atoms with van der Waals surface area (Å²) in [5.41, 5.74) is 3.51. The van der Waals surface area contributed by atoms with Crippen molar-refractivity contribution in [3.8, 4) is 5.82 Å². The molecule has 0 saturated carbocycles. The molecule has 6 heteroatoms. The van der Waals surface area contributed by atoms with E-state index in [-0.39, 0.29) is 11.8 Å². The van der Waals surface area contributed by atoms with E-state index in [2.05, 4.69) is 39.3 Å². The number of anilines is 1. The van der Waals surface area contributed by atoms with Crippen LogP contribution >= 0.6 is 0 Å². The van der Waals surface area contributed by atoms with Crippen molar-refractivity contribution in [2.24, 2.45) is 0 Å². The largest absolute Gasteiger partial charge is 0.348 e. The summed E-state index contributed by atoms with van der Waals surface area (Å²) < 4.78 is 1.90. The highest BCUT2D eigenvalue weighted by Gasteiger charge is 2.11. The number of benzene rings is 2. The quantitative estimate of drug-likeness (QED) is 0.502. The zero-order valence-corrected chi connectivity index (χ0v) is 15.8. The summed E-state index contributed by atoms with van der Waals surface area (Å²) in [6.45, 7) is 3.93. The molecule has 1 unspecified atom stereocenters. The smallest absolute Gasteiger partial charge is 0.225 e. The van der Waals surface area contributed by atoms with Crippen LogP contribution in [0.1, 0.15) is 42.2 Å². The van der Waals surface area contributed by atoms with Crippen molar-refractivity contribution < 1.29 is 4.79 Å². The Balaban J connectivity index is 1.63. The van der Waals surface area contributed by atoms with Crippen LogP contribution < -0.4 is 5.32 Å². The summed E-state index contributed by atoms with van der Waals surface area (Å²) in [7, 11) is 0. The zero-order chi connectivity index (χ0) is 19.5. The molecule has 0 fully saturated rings. The molecule has 4 rings (SSSR count). The molecule has 0 aliphatic rings. The van der Waals surface area contributed by atoms with Crippen LogP contribution in [0.15, 0.2) is 67.1 Å². The Morgan fingerprint density at radius 1 is 1.11 bits per heavy atom. The van der Waals surface area contributed by atoms with Crippen molar-refractivity contribution in [2.45, 2.75) is 26.3 Å². The highest BCUT2D eigenvalue weighted by atomic mass is 16.1. The van der Waals surface area contributed by atoms with E-state index in [1.807, 2.05) is 54.0 Å². The van der Waals surface area contributed by atoms with E-state index in [0.29, 0.717) is 17.9 Å². The lowest BCUT2D eigenvalue weighted by atomic mass is 10.1. The van der Waals surface area contributed by atoms with Gasteiger partial charge in [0.2, 0.25) is 5.95 Å². The maximum atomic E-state index is 11.9. The van der Waals surface area contributed by atoms with E-state index in [0.717, 1.165) is 22.4 Å². The second-order valence-electron chi connectivity index (χ2n) is 6.61. The standard InChI is InChI=1S/C22H21N5O/c1-3-20(28)17-9-10-19-18(13-17)24-14-27(19)21-11-12-23-22(26-21)25-15(2)16-7-5-4-6-8-16/h4-15H,3H2,1-2H3,(H,23,25,26). The van der Waals surface area contributed by atoms with E-state index in [1.165, 1.54) is 0 Å². The number of carbonyl (C=O) groups is 1. The first kappa shape index (κ1) is 17.9. The topological polar surface area (TPSA) is 72.7 Å². The fourth-order valence-electron chi connectivity index (χ4n) is 3.14. The van der Waals surface area contributed by atoms with Gasteiger partial charge in [0.15, 0.2) is 5.78 Å². The SMILES string of the molecule is CCC(=O)c1ccc2c(c1)ncn2-c1ccnc(NC(C)c2ccccc2)n1. The average molecular weight is 371 g/mol. The molecule has 6 nitrogen and oxygen atoms in total. The highest BCUT2D eigenvalue weighted by Crippen LogP contribution is 2.21. The van der Waals surface area contributed by atoms with Gasteiger partial charge in [-0.2, -0.15) is 4.98 Å². The molecule has 0 amide bonds. The lowest BCUT2D eigenvalue weighted by molar-refractivity contribution is 0.0988. The number of ketones is 1. The number of nitrogens with zero attached hydrogens (tertiary/aromatic N) is 4. The summed E-state index contributed by atoms with van der Waals surface area (Å²) in [4.78, 5) is 25.4. The maximum absolute atomic E-state index is 11.9. The fourth-order valence-corrected chi connectivity index (χ4v) is 3.14. The van der Waals surface area contributed by atoms with E-state index < -0.39 is 0 Å². The number of hydrogen-bond acceptors (Lipinski definition) is 5.